The Labute approximate surface area is 118 Å². The summed E-state index contributed by atoms with van der Waals surface area (Å²) < 4.78 is 8.30. The van der Waals surface area contributed by atoms with E-state index in [-0.39, 0.29) is 0 Å². The molecule has 1 N–H and O–H groups in total. The molecule has 0 fully saturated rings. The molecule has 0 radical (unpaired) electrons. The predicted molar refractivity (Wildman–Crippen MR) is 77.9 cm³/mol. The summed E-state index contributed by atoms with van der Waals surface area (Å²) in [6.45, 7) is 5.43. The highest BCUT2D eigenvalue weighted by atomic mass is 32.1. The van der Waals surface area contributed by atoms with Gasteiger partial charge in [-0.2, -0.15) is 5.10 Å². The average molecular weight is 277 g/mol. The largest absolute Gasteiger partial charge is 0.486 e. The Balaban J connectivity index is 2.00. The van der Waals surface area contributed by atoms with E-state index in [0.29, 0.717) is 11.4 Å². The Bertz CT molecular complexity index is 571. The van der Waals surface area contributed by atoms with E-state index in [2.05, 4.69) is 29.3 Å². The van der Waals surface area contributed by atoms with Crippen LogP contribution in [0.15, 0.2) is 24.3 Å². The van der Waals surface area contributed by atoms with Gasteiger partial charge >= 0.3 is 0 Å². The van der Waals surface area contributed by atoms with Crippen molar-refractivity contribution in [2.45, 2.75) is 39.8 Å². The van der Waals surface area contributed by atoms with E-state index >= 15 is 0 Å². The van der Waals surface area contributed by atoms with Crippen molar-refractivity contribution in [3.8, 4) is 5.75 Å². The molecule has 0 atom stereocenters. The van der Waals surface area contributed by atoms with Crippen LogP contribution in [0.3, 0.4) is 0 Å². The molecule has 0 spiro atoms. The molecule has 0 amide bonds. The van der Waals surface area contributed by atoms with Crippen molar-refractivity contribution >= 4 is 12.2 Å². The lowest BCUT2D eigenvalue weighted by molar-refractivity contribution is 0.289. The van der Waals surface area contributed by atoms with E-state index in [9.17, 15) is 0 Å². The first kappa shape index (κ1) is 13.8. The molecule has 0 saturated carbocycles. The standard InChI is InChI=1S/C14H19N3OS/c1-3-5-11-6-8-12(9-7-11)18-10-13-15-16-14(19)17(13)4-2/h6-9H,3-5,10H2,1-2H3,(H,16,19). The SMILES string of the molecule is CCCc1ccc(OCc2n[nH]c(=S)n2CC)cc1. The molecule has 19 heavy (non-hydrogen) atoms. The van der Waals surface area contributed by atoms with E-state index in [1.807, 2.05) is 23.6 Å². The summed E-state index contributed by atoms with van der Waals surface area (Å²) in [4.78, 5) is 0. The summed E-state index contributed by atoms with van der Waals surface area (Å²) >= 11 is 5.14. The Hall–Kier alpha value is -1.62. The lowest BCUT2D eigenvalue weighted by Crippen LogP contribution is -2.06. The highest BCUT2D eigenvalue weighted by molar-refractivity contribution is 7.71. The van der Waals surface area contributed by atoms with Gasteiger partial charge in [0.25, 0.3) is 0 Å². The highest BCUT2D eigenvalue weighted by Crippen LogP contribution is 2.14. The van der Waals surface area contributed by atoms with Crippen LogP contribution in [0.4, 0.5) is 0 Å². The van der Waals surface area contributed by atoms with E-state index in [4.69, 9.17) is 17.0 Å². The predicted octanol–water partition coefficient (Wildman–Crippen LogP) is 3.49. The normalized spacial score (nSPS) is 10.6. The van der Waals surface area contributed by atoms with Crippen LogP contribution >= 0.6 is 12.2 Å². The lowest BCUT2D eigenvalue weighted by atomic mass is 10.1. The molecule has 0 aliphatic heterocycles. The Kier molecular flexibility index (Phi) is 4.74. The van der Waals surface area contributed by atoms with Crippen LogP contribution in [0.25, 0.3) is 0 Å². The van der Waals surface area contributed by atoms with Crippen molar-refractivity contribution in [1.82, 2.24) is 14.8 Å². The quantitative estimate of drug-likeness (QED) is 0.822. The second-order valence-corrected chi connectivity index (χ2v) is 4.76. The molecular formula is C14H19N3OS. The average Bonchev–Trinajstić information content (AvgIpc) is 2.79. The Morgan fingerprint density at radius 3 is 2.63 bits per heavy atom. The molecule has 0 aliphatic carbocycles. The molecule has 0 aliphatic rings. The fourth-order valence-electron chi connectivity index (χ4n) is 1.98. The molecular weight excluding hydrogens is 258 g/mol. The van der Waals surface area contributed by atoms with Crippen molar-refractivity contribution in [3.63, 3.8) is 0 Å². The van der Waals surface area contributed by atoms with Crippen LogP contribution in [-0.4, -0.2) is 14.8 Å². The fourth-order valence-corrected chi connectivity index (χ4v) is 2.26. The summed E-state index contributed by atoms with van der Waals surface area (Å²) in [6.07, 6.45) is 2.26. The second-order valence-electron chi connectivity index (χ2n) is 4.37. The monoisotopic (exact) mass is 277 g/mol. The third-order valence-electron chi connectivity index (χ3n) is 2.98. The van der Waals surface area contributed by atoms with E-state index in [1.54, 1.807) is 0 Å². The number of aromatic nitrogens is 3. The third-order valence-corrected chi connectivity index (χ3v) is 3.30. The highest BCUT2D eigenvalue weighted by Gasteiger charge is 2.05. The summed E-state index contributed by atoms with van der Waals surface area (Å²) in [6, 6.07) is 8.22. The molecule has 4 nitrogen and oxygen atoms in total. The molecule has 0 bridgehead atoms. The summed E-state index contributed by atoms with van der Waals surface area (Å²) in [5, 5.41) is 6.96. The number of aryl methyl sites for hydroxylation is 1. The Morgan fingerprint density at radius 1 is 1.26 bits per heavy atom. The number of aromatic amines is 1. The van der Waals surface area contributed by atoms with Crippen LogP contribution in [0, 0.1) is 4.77 Å². The van der Waals surface area contributed by atoms with Gasteiger partial charge in [0.1, 0.15) is 12.4 Å². The number of rotatable bonds is 6. The van der Waals surface area contributed by atoms with Gasteiger partial charge in [-0.15, -0.1) is 0 Å². The Morgan fingerprint density at radius 2 is 2.00 bits per heavy atom. The van der Waals surface area contributed by atoms with E-state index < -0.39 is 0 Å². The first-order chi connectivity index (χ1) is 9.24. The molecule has 1 aromatic heterocycles. The van der Waals surface area contributed by atoms with E-state index in [1.165, 1.54) is 5.56 Å². The molecule has 0 unspecified atom stereocenters. The molecule has 2 rings (SSSR count). The molecule has 5 heteroatoms. The minimum absolute atomic E-state index is 0.425. The molecule has 1 heterocycles. The zero-order valence-corrected chi connectivity index (χ0v) is 12.2. The minimum atomic E-state index is 0.425. The van der Waals surface area contributed by atoms with Gasteiger partial charge in [0.2, 0.25) is 0 Å². The maximum absolute atomic E-state index is 5.73. The van der Waals surface area contributed by atoms with Crippen molar-refractivity contribution in [2.75, 3.05) is 0 Å². The number of hydrogen-bond acceptors (Lipinski definition) is 3. The van der Waals surface area contributed by atoms with E-state index in [0.717, 1.165) is 31.0 Å². The lowest BCUT2D eigenvalue weighted by Gasteiger charge is -2.07. The van der Waals surface area contributed by atoms with Crippen molar-refractivity contribution < 1.29 is 4.74 Å². The summed E-state index contributed by atoms with van der Waals surface area (Å²) in [5.41, 5.74) is 1.34. The number of H-pyrrole nitrogens is 1. The zero-order chi connectivity index (χ0) is 13.7. The van der Waals surface area contributed by atoms with Gasteiger partial charge in [-0.25, -0.2) is 0 Å². The van der Waals surface area contributed by atoms with Gasteiger partial charge in [0.05, 0.1) is 0 Å². The van der Waals surface area contributed by atoms with Gasteiger partial charge < -0.3 is 9.30 Å². The van der Waals surface area contributed by atoms with Crippen molar-refractivity contribution in [3.05, 3.63) is 40.4 Å². The first-order valence-electron chi connectivity index (χ1n) is 6.60. The van der Waals surface area contributed by atoms with Crippen LogP contribution in [0.2, 0.25) is 0 Å². The number of ether oxygens (including phenoxy) is 1. The summed E-state index contributed by atoms with van der Waals surface area (Å²) in [5.74, 6) is 1.68. The smallest absolute Gasteiger partial charge is 0.195 e. The topological polar surface area (TPSA) is 42.8 Å². The van der Waals surface area contributed by atoms with Crippen molar-refractivity contribution in [1.29, 1.82) is 0 Å². The number of nitrogens with zero attached hydrogens (tertiary/aromatic N) is 2. The van der Waals surface area contributed by atoms with Gasteiger partial charge in [-0.3, -0.25) is 5.10 Å². The van der Waals surface area contributed by atoms with Crippen LogP contribution in [0.5, 0.6) is 5.75 Å². The fraction of sp³-hybridized carbons (Fsp3) is 0.429. The molecule has 2 aromatic rings. The van der Waals surface area contributed by atoms with Gasteiger partial charge in [0.15, 0.2) is 10.6 Å². The van der Waals surface area contributed by atoms with Crippen molar-refractivity contribution in [2.24, 2.45) is 0 Å². The van der Waals surface area contributed by atoms with Gasteiger partial charge in [-0.05, 0) is 43.3 Å². The number of benzene rings is 1. The maximum Gasteiger partial charge on any atom is 0.195 e. The molecule has 1 aromatic carbocycles. The summed E-state index contributed by atoms with van der Waals surface area (Å²) in [7, 11) is 0. The van der Waals surface area contributed by atoms with Crippen LogP contribution < -0.4 is 4.74 Å². The van der Waals surface area contributed by atoms with Crippen LogP contribution in [0.1, 0.15) is 31.7 Å². The maximum atomic E-state index is 5.73. The molecule has 102 valence electrons. The van der Waals surface area contributed by atoms with Crippen LogP contribution in [-0.2, 0) is 19.6 Å². The number of nitrogens with one attached hydrogen (secondary N) is 1. The van der Waals surface area contributed by atoms with Gasteiger partial charge in [-0.1, -0.05) is 25.5 Å². The zero-order valence-electron chi connectivity index (χ0n) is 11.3. The third kappa shape index (κ3) is 3.44. The first-order valence-corrected chi connectivity index (χ1v) is 7.01. The number of hydrogen-bond donors (Lipinski definition) is 1. The molecule has 0 saturated heterocycles. The minimum Gasteiger partial charge on any atom is -0.486 e. The van der Waals surface area contributed by atoms with Gasteiger partial charge in [0, 0.05) is 6.54 Å². The second kappa shape index (κ2) is 6.52.